The molecule has 3 heterocycles. The largest absolute Gasteiger partial charge is 0.358 e. The zero-order valence-corrected chi connectivity index (χ0v) is 17.4. The first-order valence-electron chi connectivity index (χ1n) is 10.3. The number of nitrogens with zero attached hydrogens (tertiary/aromatic N) is 1. The molecule has 0 saturated carbocycles. The molecule has 0 unspecified atom stereocenters. The Morgan fingerprint density at radius 3 is 2.59 bits per heavy atom. The number of nitrogens with one attached hydrogen (secondary N) is 3. The van der Waals surface area contributed by atoms with Gasteiger partial charge in [-0.1, -0.05) is 30.3 Å². The first-order valence-corrected chi connectivity index (χ1v) is 11.1. The number of ketones is 1. The topological polar surface area (TPSA) is 54.6 Å². The quantitative estimate of drug-likeness (QED) is 0.437. The summed E-state index contributed by atoms with van der Waals surface area (Å²) in [7, 11) is 0. The van der Waals surface area contributed by atoms with Crippen LogP contribution in [-0.2, 0) is 6.54 Å². The van der Waals surface area contributed by atoms with E-state index in [4.69, 9.17) is 4.98 Å². The molecule has 1 saturated heterocycles. The van der Waals surface area contributed by atoms with Gasteiger partial charge in [-0.3, -0.25) is 4.79 Å². The van der Waals surface area contributed by atoms with Crippen LogP contribution in [0.3, 0.4) is 0 Å². The number of aromatic amines is 1. The number of rotatable bonds is 5. The van der Waals surface area contributed by atoms with E-state index in [0.29, 0.717) is 6.54 Å². The number of quaternary nitrogens is 2. The van der Waals surface area contributed by atoms with E-state index >= 15 is 0 Å². The Morgan fingerprint density at radius 2 is 1.76 bits per heavy atom. The van der Waals surface area contributed by atoms with Gasteiger partial charge >= 0.3 is 0 Å². The molecule has 1 aliphatic heterocycles. The van der Waals surface area contributed by atoms with Crippen molar-refractivity contribution in [1.29, 1.82) is 0 Å². The number of carbonyl (C=O) groups is 1. The Hall–Kier alpha value is -2.54. The van der Waals surface area contributed by atoms with Crippen LogP contribution in [0.25, 0.3) is 21.1 Å². The van der Waals surface area contributed by atoms with Gasteiger partial charge in [0.15, 0.2) is 0 Å². The lowest BCUT2D eigenvalue weighted by atomic mass is 10.1. The third kappa shape index (κ3) is 3.71. The van der Waals surface area contributed by atoms with Crippen molar-refractivity contribution < 1.29 is 14.6 Å². The van der Waals surface area contributed by atoms with Crippen LogP contribution >= 0.6 is 11.3 Å². The number of H-pyrrole nitrogens is 1. The van der Waals surface area contributed by atoms with Crippen molar-refractivity contribution in [3.63, 3.8) is 0 Å². The Kier molecular flexibility index (Phi) is 4.91. The second-order valence-electron chi connectivity index (χ2n) is 8.02. The number of thiazole rings is 1. The van der Waals surface area contributed by atoms with Gasteiger partial charge in [0.05, 0.1) is 15.8 Å². The predicted octanol–water partition coefficient (Wildman–Crippen LogP) is 1.25. The molecule has 0 spiro atoms. The van der Waals surface area contributed by atoms with E-state index in [1.807, 2.05) is 37.3 Å². The Bertz CT molecular complexity index is 1140. The summed E-state index contributed by atoms with van der Waals surface area (Å²) in [5.74, 6) is 0.254. The lowest BCUT2D eigenvalue weighted by Gasteiger charge is -2.28. The molecule has 2 aromatic carbocycles. The Labute approximate surface area is 174 Å². The van der Waals surface area contributed by atoms with Crippen LogP contribution < -0.4 is 9.80 Å². The van der Waals surface area contributed by atoms with Crippen molar-refractivity contribution in [2.45, 2.75) is 13.5 Å². The number of fused-ring (bicyclic) bond motifs is 2. The van der Waals surface area contributed by atoms with Crippen molar-refractivity contribution >= 4 is 38.2 Å². The maximum atomic E-state index is 13.0. The predicted molar refractivity (Wildman–Crippen MR) is 117 cm³/mol. The van der Waals surface area contributed by atoms with Crippen LogP contribution in [0.2, 0.25) is 0 Å². The van der Waals surface area contributed by atoms with Crippen LogP contribution in [-0.4, -0.2) is 48.5 Å². The number of piperazine rings is 1. The normalized spacial score (nSPS) is 19.8. The molecule has 0 aliphatic carbocycles. The second-order valence-corrected chi connectivity index (χ2v) is 9.14. The maximum absolute atomic E-state index is 13.0. The van der Waals surface area contributed by atoms with E-state index in [-0.39, 0.29) is 5.78 Å². The summed E-state index contributed by atoms with van der Waals surface area (Å²) < 4.78 is 1.27. The standard InChI is InChI=1S/C23H24N4OS/c1-16-23(17-6-2-3-7-18(17)24-16)20(28)14-26-10-12-27(13-11-26)15-22-25-19-8-4-5-9-21(19)29-22/h2-9,24H,10-15H2,1H3/p+2. The van der Waals surface area contributed by atoms with Crippen molar-refractivity contribution in [3.8, 4) is 0 Å². The first-order chi connectivity index (χ1) is 14.2. The minimum absolute atomic E-state index is 0.254. The molecule has 148 valence electrons. The highest BCUT2D eigenvalue weighted by atomic mass is 32.1. The van der Waals surface area contributed by atoms with Gasteiger partial charge in [-0.05, 0) is 25.1 Å². The molecule has 0 atom stereocenters. The average molecular weight is 407 g/mol. The van der Waals surface area contributed by atoms with Gasteiger partial charge in [0.2, 0.25) is 5.78 Å². The number of hydrogen-bond acceptors (Lipinski definition) is 3. The van der Waals surface area contributed by atoms with Gasteiger partial charge in [0.1, 0.15) is 44.3 Å². The summed E-state index contributed by atoms with van der Waals surface area (Å²) in [6, 6.07) is 16.4. The van der Waals surface area contributed by atoms with Crippen LogP contribution in [0.4, 0.5) is 0 Å². The molecule has 6 heteroatoms. The van der Waals surface area contributed by atoms with Crippen molar-refractivity contribution in [3.05, 3.63) is 64.8 Å². The molecule has 5 rings (SSSR count). The molecule has 0 radical (unpaired) electrons. The molecule has 3 N–H and O–H groups in total. The molecular formula is C23H26N4OS+2. The summed E-state index contributed by atoms with van der Waals surface area (Å²) in [4.78, 5) is 24.1. The van der Waals surface area contributed by atoms with Crippen molar-refractivity contribution in [1.82, 2.24) is 9.97 Å². The minimum Gasteiger partial charge on any atom is -0.358 e. The van der Waals surface area contributed by atoms with E-state index in [9.17, 15) is 4.79 Å². The van der Waals surface area contributed by atoms with Gasteiger partial charge in [-0.15, -0.1) is 11.3 Å². The average Bonchev–Trinajstić information content (AvgIpc) is 3.28. The molecule has 1 fully saturated rings. The number of para-hydroxylation sites is 2. The second kappa shape index (κ2) is 7.71. The molecule has 0 amide bonds. The lowest BCUT2D eigenvalue weighted by molar-refractivity contribution is -1.01. The SMILES string of the molecule is Cc1[nH]c2ccccc2c1C(=O)C[NH+]1CC[NH+](Cc2nc3ccccc3s2)CC1. The summed E-state index contributed by atoms with van der Waals surface area (Å²) in [5.41, 5.74) is 4.01. The highest BCUT2D eigenvalue weighted by molar-refractivity contribution is 7.18. The number of carbonyl (C=O) groups excluding carboxylic acids is 1. The third-order valence-corrected chi connectivity index (χ3v) is 7.02. The van der Waals surface area contributed by atoms with E-state index in [2.05, 4.69) is 23.2 Å². The zero-order valence-electron chi connectivity index (χ0n) is 16.6. The van der Waals surface area contributed by atoms with Crippen LogP contribution in [0.5, 0.6) is 0 Å². The van der Waals surface area contributed by atoms with Gasteiger partial charge in [0.25, 0.3) is 0 Å². The number of benzene rings is 2. The number of Topliss-reactive ketones (excluding diaryl/α,β-unsaturated/α-hetero) is 1. The maximum Gasteiger partial charge on any atom is 0.219 e. The number of aromatic nitrogens is 2. The molecule has 4 aromatic rings. The van der Waals surface area contributed by atoms with Gasteiger partial charge in [-0.2, -0.15) is 0 Å². The smallest absolute Gasteiger partial charge is 0.219 e. The fraction of sp³-hybridized carbons (Fsp3) is 0.304. The van der Waals surface area contributed by atoms with E-state index in [0.717, 1.165) is 60.4 Å². The molecule has 1 aliphatic rings. The van der Waals surface area contributed by atoms with Crippen molar-refractivity contribution in [2.75, 3.05) is 32.7 Å². The zero-order chi connectivity index (χ0) is 19.8. The summed E-state index contributed by atoms with van der Waals surface area (Å²) in [6.45, 7) is 7.82. The molecule has 2 aromatic heterocycles. The molecule has 0 bridgehead atoms. The lowest BCUT2D eigenvalue weighted by Crippen LogP contribution is -3.27. The summed E-state index contributed by atoms with van der Waals surface area (Å²) in [6.07, 6.45) is 0. The molecule has 5 nitrogen and oxygen atoms in total. The highest BCUT2D eigenvalue weighted by Crippen LogP contribution is 2.22. The molecular weight excluding hydrogens is 380 g/mol. The summed E-state index contributed by atoms with van der Waals surface area (Å²) in [5, 5.41) is 2.27. The highest BCUT2D eigenvalue weighted by Gasteiger charge is 2.27. The third-order valence-electron chi connectivity index (χ3n) is 5.99. The fourth-order valence-electron chi connectivity index (χ4n) is 4.47. The Morgan fingerprint density at radius 1 is 1.03 bits per heavy atom. The van der Waals surface area contributed by atoms with Crippen LogP contribution in [0, 0.1) is 6.92 Å². The molecule has 29 heavy (non-hydrogen) atoms. The number of aryl methyl sites for hydroxylation is 1. The first kappa shape index (κ1) is 18.5. The van der Waals surface area contributed by atoms with E-state index in [1.165, 1.54) is 14.6 Å². The Balaban J connectivity index is 1.20. The summed E-state index contributed by atoms with van der Waals surface area (Å²) >= 11 is 1.81. The fourth-order valence-corrected chi connectivity index (χ4v) is 5.51. The van der Waals surface area contributed by atoms with Crippen LogP contribution in [0.1, 0.15) is 21.1 Å². The van der Waals surface area contributed by atoms with Crippen molar-refractivity contribution in [2.24, 2.45) is 0 Å². The van der Waals surface area contributed by atoms with Gasteiger partial charge in [0, 0.05) is 16.6 Å². The van der Waals surface area contributed by atoms with Crippen LogP contribution in [0.15, 0.2) is 48.5 Å². The van der Waals surface area contributed by atoms with E-state index in [1.54, 1.807) is 16.2 Å². The van der Waals surface area contributed by atoms with Gasteiger partial charge in [-0.25, -0.2) is 4.98 Å². The monoisotopic (exact) mass is 406 g/mol. The van der Waals surface area contributed by atoms with Gasteiger partial charge < -0.3 is 14.8 Å². The van der Waals surface area contributed by atoms with E-state index < -0.39 is 0 Å². The number of hydrogen-bond donors (Lipinski definition) is 3. The minimum atomic E-state index is 0.254.